The Morgan fingerprint density at radius 1 is 1.33 bits per heavy atom. The molecular formula is C13H15F2N3. The van der Waals surface area contributed by atoms with Crippen molar-refractivity contribution >= 4 is 5.96 Å². The lowest BCUT2D eigenvalue weighted by molar-refractivity contribution is 0.528. The predicted octanol–water partition coefficient (Wildman–Crippen LogP) is 1.71. The average Bonchev–Trinajstić information content (AvgIpc) is 2.94. The van der Waals surface area contributed by atoms with E-state index in [2.05, 4.69) is 10.3 Å². The summed E-state index contributed by atoms with van der Waals surface area (Å²) in [6.45, 7) is 1.68. The molecule has 1 aliphatic carbocycles. The number of nitrogens with zero attached hydrogens (tertiary/aromatic N) is 2. The minimum atomic E-state index is -0.453. The highest BCUT2D eigenvalue weighted by Gasteiger charge is 2.42. The molecule has 1 aromatic rings. The van der Waals surface area contributed by atoms with E-state index >= 15 is 0 Å². The maximum absolute atomic E-state index is 13.6. The number of likely N-dealkylation sites (N-methyl/N-ethyl adjacent to an activating group) is 1. The van der Waals surface area contributed by atoms with Crippen molar-refractivity contribution in [3.8, 4) is 0 Å². The van der Waals surface area contributed by atoms with Gasteiger partial charge >= 0.3 is 0 Å². The van der Waals surface area contributed by atoms with Crippen LogP contribution in [0.4, 0.5) is 8.78 Å². The van der Waals surface area contributed by atoms with Gasteiger partial charge in [-0.1, -0.05) is 6.07 Å². The molecule has 0 saturated heterocycles. The molecule has 1 fully saturated rings. The first-order chi connectivity index (χ1) is 8.66. The van der Waals surface area contributed by atoms with Crippen LogP contribution in [-0.4, -0.2) is 37.0 Å². The Morgan fingerprint density at radius 2 is 2.06 bits per heavy atom. The number of hydrogen-bond donors (Lipinski definition) is 1. The summed E-state index contributed by atoms with van der Waals surface area (Å²) in [5.74, 6) is -0.154. The van der Waals surface area contributed by atoms with Crippen molar-refractivity contribution in [1.29, 1.82) is 0 Å². The van der Waals surface area contributed by atoms with Crippen LogP contribution in [-0.2, 0) is 0 Å². The normalized spacial score (nSPS) is 26.2. The number of halogens is 2. The van der Waals surface area contributed by atoms with Gasteiger partial charge in [0.15, 0.2) is 5.96 Å². The lowest BCUT2D eigenvalue weighted by Crippen LogP contribution is -2.37. The van der Waals surface area contributed by atoms with Gasteiger partial charge in [0.2, 0.25) is 0 Å². The van der Waals surface area contributed by atoms with Gasteiger partial charge in [-0.3, -0.25) is 4.99 Å². The van der Waals surface area contributed by atoms with Crippen molar-refractivity contribution in [1.82, 2.24) is 10.2 Å². The van der Waals surface area contributed by atoms with Crippen LogP contribution in [0, 0.1) is 11.6 Å². The van der Waals surface area contributed by atoms with E-state index in [1.807, 2.05) is 11.9 Å². The Morgan fingerprint density at radius 3 is 2.67 bits per heavy atom. The van der Waals surface area contributed by atoms with E-state index in [4.69, 9.17) is 0 Å². The van der Waals surface area contributed by atoms with Gasteiger partial charge in [-0.05, 0) is 18.6 Å². The molecular weight excluding hydrogens is 236 g/mol. The first-order valence-corrected chi connectivity index (χ1v) is 6.13. The van der Waals surface area contributed by atoms with E-state index in [-0.39, 0.29) is 17.5 Å². The van der Waals surface area contributed by atoms with E-state index in [0.717, 1.165) is 25.5 Å². The number of guanidine groups is 1. The summed E-state index contributed by atoms with van der Waals surface area (Å²) in [7, 11) is 1.96. The summed E-state index contributed by atoms with van der Waals surface area (Å²) in [6.07, 6.45) is 0.755. The Kier molecular flexibility index (Phi) is 2.69. The largest absolute Gasteiger partial charge is 0.353 e. The van der Waals surface area contributed by atoms with E-state index in [0.29, 0.717) is 0 Å². The maximum atomic E-state index is 13.6. The first-order valence-electron chi connectivity index (χ1n) is 6.13. The first kappa shape index (κ1) is 11.4. The second-order valence-corrected chi connectivity index (χ2v) is 4.86. The van der Waals surface area contributed by atoms with Crippen molar-refractivity contribution in [2.75, 3.05) is 20.1 Å². The molecule has 2 aliphatic rings. The summed E-state index contributed by atoms with van der Waals surface area (Å²) in [5.41, 5.74) is 0.205. The highest BCUT2D eigenvalue weighted by molar-refractivity contribution is 5.82. The fraction of sp³-hybridized carbons (Fsp3) is 0.462. The zero-order chi connectivity index (χ0) is 12.7. The number of rotatable bonds is 2. The molecule has 1 aromatic carbocycles. The van der Waals surface area contributed by atoms with Crippen LogP contribution < -0.4 is 5.32 Å². The van der Waals surface area contributed by atoms with E-state index in [1.165, 1.54) is 18.2 Å². The standard InChI is InChI=1S/C13H15F2N3/c1-18-6-5-16-13(18)17-11-7-8(11)12-9(14)3-2-4-10(12)15/h2-4,8,11H,5-7H2,1H3,(H,16,17)/t8-,11-/m1/s1. The maximum Gasteiger partial charge on any atom is 0.194 e. The molecule has 3 rings (SSSR count). The zero-order valence-corrected chi connectivity index (χ0v) is 10.2. The number of nitrogens with one attached hydrogen (secondary N) is 1. The van der Waals surface area contributed by atoms with Crippen LogP contribution >= 0.6 is 0 Å². The van der Waals surface area contributed by atoms with Crippen LogP contribution in [0.2, 0.25) is 0 Å². The van der Waals surface area contributed by atoms with Gasteiger partial charge < -0.3 is 10.2 Å². The average molecular weight is 251 g/mol. The van der Waals surface area contributed by atoms with Crippen LogP contribution in [0.1, 0.15) is 17.9 Å². The molecule has 0 radical (unpaired) electrons. The van der Waals surface area contributed by atoms with E-state index < -0.39 is 11.6 Å². The highest BCUT2D eigenvalue weighted by atomic mass is 19.1. The molecule has 1 heterocycles. The number of hydrogen-bond acceptors (Lipinski definition) is 3. The molecule has 5 heteroatoms. The topological polar surface area (TPSA) is 27.6 Å². The van der Waals surface area contributed by atoms with Crippen molar-refractivity contribution < 1.29 is 8.78 Å². The van der Waals surface area contributed by atoms with Crippen molar-refractivity contribution in [3.05, 3.63) is 35.4 Å². The molecule has 18 heavy (non-hydrogen) atoms. The Balaban J connectivity index is 1.71. The lowest BCUT2D eigenvalue weighted by atomic mass is 10.1. The van der Waals surface area contributed by atoms with Gasteiger partial charge in [0, 0.05) is 31.1 Å². The molecule has 1 N–H and O–H groups in total. The third-order valence-electron chi connectivity index (χ3n) is 3.53. The smallest absolute Gasteiger partial charge is 0.194 e. The van der Waals surface area contributed by atoms with Crippen LogP contribution in [0.5, 0.6) is 0 Å². The molecule has 0 bridgehead atoms. The summed E-state index contributed by atoms with van der Waals surface area (Å²) >= 11 is 0. The van der Waals surface area contributed by atoms with Crippen molar-refractivity contribution in [2.24, 2.45) is 4.99 Å². The summed E-state index contributed by atoms with van der Waals surface area (Å²) < 4.78 is 27.2. The zero-order valence-electron chi connectivity index (χ0n) is 10.2. The third-order valence-corrected chi connectivity index (χ3v) is 3.53. The minimum absolute atomic E-state index is 0.0806. The van der Waals surface area contributed by atoms with Gasteiger partial charge in [-0.15, -0.1) is 0 Å². The van der Waals surface area contributed by atoms with Gasteiger partial charge in [0.25, 0.3) is 0 Å². The summed E-state index contributed by atoms with van der Waals surface area (Å²) in [6, 6.07) is 4.11. The van der Waals surface area contributed by atoms with E-state index in [9.17, 15) is 8.78 Å². The number of benzene rings is 1. The molecule has 0 aromatic heterocycles. The third kappa shape index (κ3) is 1.94. The SMILES string of the molecule is CN1CCN=C1N[C@@H]1C[C@H]1c1c(F)cccc1F. The number of aliphatic imine (C=N–C) groups is 1. The summed E-state index contributed by atoms with van der Waals surface area (Å²) in [5, 5.41) is 3.25. The second-order valence-electron chi connectivity index (χ2n) is 4.86. The molecule has 1 saturated carbocycles. The molecule has 3 nitrogen and oxygen atoms in total. The Hall–Kier alpha value is -1.65. The molecule has 0 unspecified atom stereocenters. The van der Waals surface area contributed by atoms with Crippen molar-refractivity contribution in [3.63, 3.8) is 0 Å². The van der Waals surface area contributed by atoms with Gasteiger partial charge in [-0.25, -0.2) is 8.78 Å². The highest BCUT2D eigenvalue weighted by Crippen LogP contribution is 2.43. The van der Waals surface area contributed by atoms with Crippen molar-refractivity contribution in [2.45, 2.75) is 18.4 Å². The lowest BCUT2D eigenvalue weighted by Gasteiger charge is -2.15. The van der Waals surface area contributed by atoms with Crippen LogP contribution in [0.3, 0.4) is 0 Å². The van der Waals surface area contributed by atoms with Crippen LogP contribution in [0.25, 0.3) is 0 Å². The second kappa shape index (κ2) is 4.23. The minimum Gasteiger partial charge on any atom is -0.353 e. The molecule has 2 atom stereocenters. The van der Waals surface area contributed by atoms with Crippen LogP contribution in [0.15, 0.2) is 23.2 Å². The molecule has 0 amide bonds. The van der Waals surface area contributed by atoms with Gasteiger partial charge in [0.1, 0.15) is 11.6 Å². The quantitative estimate of drug-likeness (QED) is 0.866. The Labute approximate surface area is 105 Å². The molecule has 96 valence electrons. The monoisotopic (exact) mass is 251 g/mol. The fourth-order valence-corrected chi connectivity index (χ4v) is 2.39. The van der Waals surface area contributed by atoms with E-state index in [1.54, 1.807) is 0 Å². The summed E-state index contributed by atoms with van der Waals surface area (Å²) in [4.78, 5) is 6.33. The predicted molar refractivity (Wildman–Crippen MR) is 65.6 cm³/mol. The van der Waals surface area contributed by atoms with Gasteiger partial charge in [0.05, 0.1) is 6.54 Å². The molecule has 0 spiro atoms. The van der Waals surface area contributed by atoms with Gasteiger partial charge in [-0.2, -0.15) is 0 Å². The fourth-order valence-electron chi connectivity index (χ4n) is 2.39. The molecule has 1 aliphatic heterocycles. The Bertz CT molecular complexity index is 481.